The first-order valence-electron chi connectivity index (χ1n) is 6.25. The highest BCUT2D eigenvalue weighted by Gasteiger charge is 2.30. The zero-order valence-electron chi connectivity index (χ0n) is 12.3. The summed E-state index contributed by atoms with van der Waals surface area (Å²) in [4.78, 5) is 0. The number of rotatable bonds is 11. The van der Waals surface area contributed by atoms with Crippen LogP contribution in [0.4, 0.5) is 0 Å². The molecule has 0 saturated heterocycles. The maximum Gasteiger partial charge on any atom is 0.209 e. The Kier molecular flexibility index (Phi) is 8.19. The first-order chi connectivity index (χ1) is 9.04. The molecule has 20 heavy (non-hydrogen) atoms. The summed E-state index contributed by atoms with van der Waals surface area (Å²) in [6.45, 7) is 4.46. The Morgan fingerprint density at radius 1 is 1.10 bits per heavy atom. The van der Waals surface area contributed by atoms with Gasteiger partial charge in [0.1, 0.15) is 0 Å². The highest BCUT2D eigenvalue weighted by molar-refractivity contribution is 7.89. The molecule has 0 aliphatic carbocycles. The summed E-state index contributed by atoms with van der Waals surface area (Å²) in [6, 6.07) is 0. The SMILES string of the molecule is [CH2]CC(CCCNS(C)(=O)=O)(CCOC)NS(C)(=O)=O. The molecule has 0 aliphatic heterocycles. The molecule has 1 unspecified atom stereocenters. The molecule has 121 valence electrons. The number of methoxy groups -OCH3 is 1. The minimum Gasteiger partial charge on any atom is -0.385 e. The summed E-state index contributed by atoms with van der Waals surface area (Å²) in [6.07, 6.45) is 4.02. The molecule has 0 rings (SSSR count). The Labute approximate surface area is 122 Å². The molecule has 0 heterocycles. The number of ether oxygens (including phenoxy) is 1. The van der Waals surface area contributed by atoms with E-state index in [1.165, 1.54) is 0 Å². The first kappa shape index (κ1) is 19.8. The van der Waals surface area contributed by atoms with Gasteiger partial charge in [-0.15, -0.1) is 0 Å². The minimum atomic E-state index is -3.37. The Balaban J connectivity index is 4.66. The van der Waals surface area contributed by atoms with Crippen molar-refractivity contribution in [3.63, 3.8) is 0 Å². The number of hydrogen-bond donors (Lipinski definition) is 2. The highest BCUT2D eigenvalue weighted by Crippen LogP contribution is 2.22. The minimum absolute atomic E-state index is 0.263. The summed E-state index contributed by atoms with van der Waals surface area (Å²) in [5.41, 5.74) is -0.706. The van der Waals surface area contributed by atoms with E-state index in [0.29, 0.717) is 32.3 Å². The fraction of sp³-hybridized carbons (Fsp3) is 0.909. The second-order valence-corrected chi connectivity index (χ2v) is 8.50. The van der Waals surface area contributed by atoms with Crippen LogP contribution in [0.25, 0.3) is 0 Å². The Morgan fingerprint density at radius 2 is 1.70 bits per heavy atom. The maximum absolute atomic E-state index is 11.5. The van der Waals surface area contributed by atoms with Crippen molar-refractivity contribution in [3.8, 4) is 0 Å². The molecule has 1 atom stereocenters. The van der Waals surface area contributed by atoms with E-state index in [0.717, 1.165) is 12.5 Å². The zero-order valence-corrected chi connectivity index (χ0v) is 13.9. The smallest absolute Gasteiger partial charge is 0.209 e. The van der Waals surface area contributed by atoms with Crippen molar-refractivity contribution in [2.24, 2.45) is 0 Å². The van der Waals surface area contributed by atoms with Gasteiger partial charge in [0.25, 0.3) is 0 Å². The van der Waals surface area contributed by atoms with Gasteiger partial charge in [0.15, 0.2) is 0 Å². The van der Waals surface area contributed by atoms with Crippen molar-refractivity contribution in [1.29, 1.82) is 0 Å². The maximum atomic E-state index is 11.5. The molecule has 1 radical (unpaired) electrons. The number of hydrogen-bond acceptors (Lipinski definition) is 5. The lowest BCUT2D eigenvalue weighted by Crippen LogP contribution is -2.48. The average Bonchev–Trinajstić information content (AvgIpc) is 2.28. The summed E-state index contributed by atoms with van der Waals surface area (Å²) >= 11 is 0. The van der Waals surface area contributed by atoms with Gasteiger partial charge in [-0.2, -0.15) is 0 Å². The molecule has 0 amide bonds. The predicted octanol–water partition coefficient (Wildman–Crippen LogP) is -0.136. The van der Waals surface area contributed by atoms with E-state index in [1.807, 2.05) is 0 Å². The molecular formula is C11H25N2O5S2. The van der Waals surface area contributed by atoms with E-state index >= 15 is 0 Å². The van der Waals surface area contributed by atoms with Crippen LogP contribution in [-0.2, 0) is 24.8 Å². The third-order valence-electron chi connectivity index (χ3n) is 2.86. The van der Waals surface area contributed by atoms with Gasteiger partial charge in [0.2, 0.25) is 20.0 Å². The molecule has 0 aromatic carbocycles. The standard InChI is InChI=1S/C11H25N2O5S2/c1-5-11(8-10-18-2,13-20(4,16)17)7-6-9-12-19(3,14)15/h12-13H,1,5-10H2,2-4H3. The van der Waals surface area contributed by atoms with Crippen LogP contribution in [0, 0.1) is 6.92 Å². The molecule has 0 aliphatic rings. The van der Waals surface area contributed by atoms with E-state index in [1.54, 1.807) is 7.11 Å². The highest BCUT2D eigenvalue weighted by atomic mass is 32.2. The van der Waals surface area contributed by atoms with Crippen LogP contribution in [0.3, 0.4) is 0 Å². The van der Waals surface area contributed by atoms with E-state index in [-0.39, 0.29) is 6.54 Å². The summed E-state index contributed by atoms with van der Waals surface area (Å²) < 4.78 is 54.9. The summed E-state index contributed by atoms with van der Waals surface area (Å²) in [5.74, 6) is 0. The molecule has 0 spiro atoms. The van der Waals surface area contributed by atoms with Crippen molar-refractivity contribution in [1.82, 2.24) is 9.44 Å². The van der Waals surface area contributed by atoms with Gasteiger partial charge in [-0.25, -0.2) is 26.3 Å². The molecule has 0 saturated carbocycles. The Hall–Kier alpha value is -0.220. The van der Waals surface area contributed by atoms with Crippen molar-refractivity contribution in [3.05, 3.63) is 6.92 Å². The van der Waals surface area contributed by atoms with Crippen LogP contribution in [0.5, 0.6) is 0 Å². The van der Waals surface area contributed by atoms with Gasteiger partial charge < -0.3 is 4.74 Å². The number of sulfonamides is 2. The number of nitrogens with one attached hydrogen (secondary N) is 2. The second kappa shape index (κ2) is 8.28. The van der Waals surface area contributed by atoms with Gasteiger partial charge in [-0.05, 0) is 25.7 Å². The average molecular weight is 329 g/mol. The molecule has 0 aromatic heterocycles. The van der Waals surface area contributed by atoms with Crippen molar-refractivity contribution < 1.29 is 21.6 Å². The molecule has 7 nitrogen and oxygen atoms in total. The van der Waals surface area contributed by atoms with Gasteiger partial charge in [0.05, 0.1) is 12.5 Å². The Bertz CT molecular complexity index is 475. The van der Waals surface area contributed by atoms with E-state index < -0.39 is 25.6 Å². The van der Waals surface area contributed by atoms with Crippen LogP contribution >= 0.6 is 0 Å². The molecule has 0 bridgehead atoms. The van der Waals surface area contributed by atoms with E-state index in [2.05, 4.69) is 16.4 Å². The largest absolute Gasteiger partial charge is 0.385 e. The molecule has 0 aromatic rings. The van der Waals surface area contributed by atoms with Crippen molar-refractivity contribution in [2.45, 2.75) is 31.2 Å². The van der Waals surface area contributed by atoms with Crippen molar-refractivity contribution in [2.75, 3.05) is 32.8 Å². The fourth-order valence-corrected chi connectivity index (χ4v) is 3.51. The van der Waals surface area contributed by atoms with Crippen LogP contribution < -0.4 is 9.44 Å². The quantitative estimate of drug-likeness (QED) is 0.514. The third-order valence-corrected chi connectivity index (χ3v) is 4.39. The fourth-order valence-electron chi connectivity index (χ4n) is 1.90. The summed E-state index contributed by atoms with van der Waals surface area (Å²) in [7, 11) is -5.06. The predicted molar refractivity (Wildman–Crippen MR) is 79.3 cm³/mol. The van der Waals surface area contributed by atoms with Crippen LogP contribution in [0.15, 0.2) is 0 Å². The lowest BCUT2D eigenvalue weighted by molar-refractivity contribution is 0.158. The summed E-state index contributed by atoms with van der Waals surface area (Å²) in [5, 5.41) is 0. The molecule has 2 N–H and O–H groups in total. The van der Waals surface area contributed by atoms with Crippen LogP contribution in [-0.4, -0.2) is 55.1 Å². The lowest BCUT2D eigenvalue weighted by atomic mass is 9.88. The van der Waals surface area contributed by atoms with Crippen LogP contribution in [0.2, 0.25) is 0 Å². The molecule has 9 heteroatoms. The van der Waals surface area contributed by atoms with E-state index in [4.69, 9.17) is 4.74 Å². The van der Waals surface area contributed by atoms with Crippen LogP contribution in [0.1, 0.15) is 25.7 Å². The van der Waals surface area contributed by atoms with Gasteiger partial charge in [-0.3, -0.25) is 0 Å². The topological polar surface area (TPSA) is 102 Å². The molecular weight excluding hydrogens is 304 g/mol. The monoisotopic (exact) mass is 329 g/mol. The Morgan fingerprint density at radius 3 is 2.10 bits per heavy atom. The molecule has 0 fully saturated rings. The van der Waals surface area contributed by atoms with Crippen molar-refractivity contribution >= 4 is 20.0 Å². The lowest BCUT2D eigenvalue weighted by Gasteiger charge is -2.33. The first-order valence-corrected chi connectivity index (χ1v) is 10.0. The third kappa shape index (κ3) is 9.65. The van der Waals surface area contributed by atoms with Gasteiger partial charge in [0, 0.05) is 25.8 Å². The van der Waals surface area contributed by atoms with E-state index in [9.17, 15) is 16.8 Å². The van der Waals surface area contributed by atoms with Gasteiger partial charge >= 0.3 is 0 Å². The van der Waals surface area contributed by atoms with Gasteiger partial charge in [-0.1, -0.05) is 6.92 Å². The zero-order chi connectivity index (χ0) is 15.9. The second-order valence-electron chi connectivity index (χ2n) is 4.92. The normalized spacial score (nSPS) is 16.0.